The number of nitrogens with one attached hydrogen (secondary N) is 1. The van der Waals surface area contributed by atoms with Gasteiger partial charge in [-0.2, -0.15) is 0 Å². The maximum Gasteiger partial charge on any atom is 0.317 e. The highest BCUT2D eigenvalue weighted by molar-refractivity contribution is 6.30. The largest absolute Gasteiger partial charge is 0.481 e. The topological polar surface area (TPSA) is 69.6 Å². The number of rotatable bonds is 3. The van der Waals surface area contributed by atoms with Crippen molar-refractivity contribution in [3.05, 3.63) is 34.9 Å². The summed E-state index contributed by atoms with van der Waals surface area (Å²) in [5, 5.41) is 12.7. The number of hydrogen-bond donors (Lipinski definition) is 2. The van der Waals surface area contributed by atoms with Gasteiger partial charge >= 0.3 is 12.0 Å². The molecule has 1 atom stereocenters. The fourth-order valence-electron chi connectivity index (χ4n) is 3.18. The Morgan fingerprint density at radius 3 is 2.73 bits per heavy atom. The second-order valence-electron chi connectivity index (χ2n) is 6.14. The van der Waals surface area contributed by atoms with Crippen LogP contribution in [0, 0.1) is 5.92 Å². The molecule has 1 aromatic carbocycles. The van der Waals surface area contributed by atoms with Crippen LogP contribution in [0.4, 0.5) is 4.79 Å². The number of likely N-dealkylation sites (tertiary alicyclic amines) is 1. The van der Waals surface area contributed by atoms with Crippen molar-refractivity contribution < 1.29 is 14.7 Å². The monoisotopic (exact) mass is 322 g/mol. The molecule has 2 N–H and O–H groups in total. The van der Waals surface area contributed by atoms with Gasteiger partial charge in [-0.15, -0.1) is 0 Å². The summed E-state index contributed by atoms with van der Waals surface area (Å²) in [6.45, 7) is 0.832. The molecule has 1 unspecified atom stereocenters. The SMILES string of the molecule is O=C(O)C1CCN(C(=O)NC2CC(c3cccc(Cl)c3)C2)C1. The molecule has 1 heterocycles. The maximum absolute atomic E-state index is 12.1. The Bertz CT molecular complexity index is 587. The van der Waals surface area contributed by atoms with E-state index < -0.39 is 11.9 Å². The molecule has 2 aliphatic rings. The molecule has 5 nitrogen and oxygen atoms in total. The number of urea groups is 1. The second kappa shape index (κ2) is 6.16. The van der Waals surface area contributed by atoms with E-state index in [1.807, 2.05) is 18.2 Å². The van der Waals surface area contributed by atoms with E-state index in [1.165, 1.54) is 5.56 Å². The third-order valence-corrected chi connectivity index (χ3v) is 4.85. The van der Waals surface area contributed by atoms with E-state index in [2.05, 4.69) is 11.4 Å². The average Bonchev–Trinajstić information content (AvgIpc) is 2.92. The Morgan fingerprint density at radius 2 is 2.09 bits per heavy atom. The van der Waals surface area contributed by atoms with E-state index in [0.29, 0.717) is 25.4 Å². The molecule has 1 aliphatic heterocycles. The van der Waals surface area contributed by atoms with Gasteiger partial charge in [0.15, 0.2) is 0 Å². The van der Waals surface area contributed by atoms with Crippen LogP contribution in [0.5, 0.6) is 0 Å². The van der Waals surface area contributed by atoms with Crippen LogP contribution < -0.4 is 5.32 Å². The molecule has 3 rings (SSSR count). The number of hydrogen-bond acceptors (Lipinski definition) is 2. The number of carbonyl (C=O) groups is 2. The number of carboxylic acid groups (broad SMARTS) is 1. The number of halogens is 1. The Balaban J connectivity index is 1.46. The van der Waals surface area contributed by atoms with Gasteiger partial charge in [-0.25, -0.2) is 4.79 Å². The molecule has 118 valence electrons. The lowest BCUT2D eigenvalue weighted by atomic mass is 9.76. The minimum absolute atomic E-state index is 0.140. The fourth-order valence-corrected chi connectivity index (χ4v) is 3.38. The third-order valence-electron chi connectivity index (χ3n) is 4.61. The maximum atomic E-state index is 12.1. The van der Waals surface area contributed by atoms with Crippen LogP contribution in [0.25, 0.3) is 0 Å². The highest BCUT2D eigenvalue weighted by atomic mass is 35.5. The number of nitrogens with zero attached hydrogens (tertiary/aromatic N) is 1. The molecule has 1 saturated heterocycles. The van der Waals surface area contributed by atoms with Crippen molar-refractivity contribution in [3.63, 3.8) is 0 Å². The van der Waals surface area contributed by atoms with E-state index in [-0.39, 0.29) is 12.1 Å². The van der Waals surface area contributed by atoms with Crippen molar-refractivity contribution in [3.8, 4) is 0 Å². The first-order valence-corrected chi connectivity index (χ1v) is 7.94. The Kier molecular flexibility index (Phi) is 4.25. The van der Waals surface area contributed by atoms with Crippen molar-refractivity contribution >= 4 is 23.6 Å². The lowest BCUT2D eigenvalue weighted by Crippen LogP contribution is -2.48. The van der Waals surface area contributed by atoms with Crippen molar-refractivity contribution in [2.75, 3.05) is 13.1 Å². The molecule has 22 heavy (non-hydrogen) atoms. The number of aliphatic carboxylic acids is 1. The van der Waals surface area contributed by atoms with Crippen LogP contribution >= 0.6 is 11.6 Å². The number of carboxylic acids is 1. The Hall–Kier alpha value is -1.75. The zero-order valence-electron chi connectivity index (χ0n) is 12.2. The van der Waals surface area contributed by atoms with Gasteiger partial charge in [0.1, 0.15) is 0 Å². The smallest absolute Gasteiger partial charge is 0.317 e. The van der Waals surface area contributed by atoms with E-state index in [1.54, 1.807) is 4.90 Å². The van der Waals surface area contributed by atoms with Gasteiger partial charge in [-0.05, 0) is 42.9 Å². The minimum Gasteiger partial charge on any atom is -0.481 e. The van der Waals surface area contributed by atoms with Gasteiger partial charge in [0.25, 0.3) is 0 Å². The summed E-state index contributed by atoms with van der Waals surface area (Å²) in [7, 11) is 0. The minimum atomic E-state index is -0.819. The molecule has 6 heteroatoms. The third kappa shape index (κ3) is 3.19. The molecule has 1 aliphatic carbocycles. The first kappa shape index (κ1) is 15.2. The summed E-state index contributed by atoms with van der Waals surface area (Å²) in [6.07, 6.45) is 2.35. The van der Waals surface area contributed by atoms with E-state index in [4.69, 9.17) is 16.7 Å². The predicted octanol–water partition coefficient (Wildman–Crippen LogP) is 2.70. The van der Waals surface area contributed by atoms with Crippen molar-refractivity contribution in [2.24, 2.45) is 5.92 Å². The van der Waals surface area contributed by atoms with Crippen molar-refractivity contribution in [1.29, 1.82) is 0 Å². The summed E-state index contributed by atoms with van der Waals surface area (Å²) in [5.74, 6) is -0.805. The number of amides is 2. The van der Waals surface area contributed by atoms with Gasteiger partial charge in [-0.3, -0.25) is 4.79 Å². The molecular weight excluding hydrogens is 304 g/mol. The van der Waals surface area contributed by atoms with Crippen LogP contribution in [0.2, 0.25) is 5.02 Å². The first-order chi connectivity index (χ1) is 10.5. The summed E-state index contributed by atoms with van der Waals surface area (Å²) < 4.78 is 0. The van der Waals surface area contributed by atoms with Crippen LogP contribution in [0.3, 0.4) is 0 Å². The molecule has 0 aromatic heterocycles. The zero-order valence-corrected chi connectivity index (χ0v) is 12.9. The molecule has 0 radical (unpaired) electrons. The lowest BCUT2D eigenvalue weighted by Gasteiger charge is -2.37. The molecule has 2 fully saturated rings. The molecule has 1 aromatic rings. The number of benzene rings is 1. The summed E-state index contributed by atoms with van der Waals surface area (Å²) in [4.78, 5) is 24.6. The van der Waals surface area contributed by atoms with Crippen LogP contribution in [-0.2, 0) is 4.79 Å². The molecule has 0 spiro atoms. The highest BCUT2D eigenvalue weighted by Crippen LogP contribution is 2.37. The fraction of sp³-hybridized carbons (Fsp3) is 0.500. The molecule has 2 amide bonds. The summed E-state index contributed by atoms with van der Waals surface area (Å²) >= 11 is 5.99. The molecular formula is C16H19ClN2O3. The molecule has 0 bridgehead atoms. The first-order valence-electron chi connectivity index (χ1n) is 7.56. The number of carbonyl (C=O) groups excluding carboxylic acids is 1. The van der Waals surface area contributed by atoms with E-state index in [0.717, 1.165) is 17.9 Å². The van der Waals surface area contributed by atoms with E-state index in [9.17, 15) is 9.59 Å². The summed E-state index contributed by atoms with van der Waals surface area (Å²) in [5.41, 5.74) is 1.21. The second-order valence-corrected chi connectivity index (χ2v) is 6.58. The lowest BCUT2D eigenvalue weighted by molar-refractivity contribution is -0.141. The zero-order chi connectivity index (χ0) is 15.7. The Labute approximate surface area is 134 Å². The van der Waals surface area contributed by atoms with Crippen LogP contribution in [0.15, 0.2) is 24.3 Å². The van der Waals surface area contributed by atoms with Gasteiger partial charge in [-0.1, -0.05) is 23.7 Å². The van der Waals surface area contributed by atoms with Crippen molar-refractivity contribution in [1.82, 2.24) is 10.2 Å². The van der Waals surface area contributed by atoms with Gasteiger partial charge in [0.2, 0.25) is 0 Å². The van der Waals surface area contributed by atoms with E-state index >= 15 is 0 Å². The van der Waals surface area contributed by atoms with Crippen molar-refractivity contribution in [2.45, 2.75) is 31.2 Å². The predicted molar refractivity (Wildman–Crippen MR) is 83.1 cm³/mol. The van der Waals surface area contributed by atoms with Gasteiger partial charge in [0, 0.05) is 24.2 Å². The normalized spacial score (nSPS) is 27.3. The summed E-state index contributed by atoms with van der Waals surface area (Å²) in [6, 6.07) is 7.86. The van der Waals surface area contributed by atoms with Crippen LogP contribution in [-0.4, -0.2) is 41.1 Å². The molecule has 1 saturated carbocycles. The van der Waals surface area contributed by atoms with Gasteiger partial charge in [0.05, 0.1) is 5.92 Å². The highest BCUT2D eigenvalue weighted by Gasteiger charge is 2.35. The quantitative estimate of drug-likeness (QED) is 0.899. The average molecular weight is 323 g/mol. The van der Waals surface area contributed by atoms with Gasteiger partial charge < -0.3 is 15.3 Å². The standard InChI is InChI=1S/C16H19ClN2O3/c17-13-3-1-2-10(6-13)12-7-14(8-12)18-16(22)19-5-4-11(9-19)15(20)21/h1-3,6,11-12,14H,4-5,7-9H2,(H,18,22)(H,20,21). The van der Waals surface area contributed by atoms with Crippen LogP contribution in [0.1, 0.15) is 30.7 Å². The Morgan fingerprint density at radius 1 is 1.32 bits per heavy atom.